The van der Waals surface area contributed by atoms with Gasteiger partial charge >= 0.3 is 0 Å². The minimum Gasteiger partial charge on any atom is -0.378 e. The summed E-state index contributed by atoms with van der Waals surface area (Å²) in [6.45, 7) is 5.96. The molecule has 2 aromatic carbocycles. The number of hydrogen-bond donors (Lipinski definition) is 1. The molecule has 0 spiro atoms. The summed E-state index contributed by atoms with van der Waals surface area (Å²) in [6, 6.07) is 9.58. The van der Waals surface area contributed by atoms with E-state index in [1.54, 1.807) is 0 Å². The summed E-state index contributed by atoms with van der Waals surface area (Å²) in [5, 5.41) is 13.9. The second-order valence-corrected chi connectivity index (χ2v) is 5.24. The van der Waals surface area contributed by atoms with Gasteiger partial charge in [-0.05, 0) is 32.4 Å². The van der Waals surface area contributed by atoms with Gasteiger partial charge in [-0.15, -0.1) is 0 Å². The van der Waals surface area contributed by atoms with Crippen molar-refractivity contribution >= 4 is 11.4 Å². The summed E-state index contributed by atoms with van der Waals surface area (Å²) < 4.78 is 13.4. The standard InChI is InChI=1S/C16H17FN2O2/c1-10-4-11(2)6-13(5-10)12(3)18-15-7-14(17)8-16(9-15)19(20)21/h4-9,12,18H,1-3H3. The molecule has 0 heterocycles. The van der Waals surface area contributed by atoms with E-state index >= 15 is 0 Å². The van der Waals surface area contributed by atoms with Gasteiger partial charge in [0.15, 0.2) is 0 Å². The Hall–Kier alpha value is -2.43. The number of anilines is 1. The largest absolute Gasteiger partial charge is 0.378 e. The molecule has 110 valence electrons. The number of aryl methyl sites for hydroxylation is 2. The maximum Gasteiger partial charge on any atom is 0.274 e. The summed E-state index contributed by atoms with van der Waals surface area (Å²) in [5.41, 5.74) is 3.48. The van der Waals surface area contributed by atoms with Crippen LogP contribution in [-0.4, -0.2) is 4.92 Å². The van der Waals surface area contributed by atoms with Crippen molar-refractivity contribution in [3.8, 4) is 0 Å². The molecule has 1 unspecified atom stereocenters. The molecule has 0 aliphatic carbocycles. The van der Waals surface area contributed by atoms with Crippen LogP contribution in [0.25, 0.3) is 0 Å². The highest BCUT2D eigenvalue weighted by molar-refractivity contribution is 5.53. The molecule has 0 saturated heterocycles. The van der Waals surface area contributed by atoms with E-state index in [0.29, 0.717) is 5.69 Å². The second-order valence-electron chi connectivity index (χ2n) is 5.24. The van der Waals surface area contributed by atoms with Crippen LogP contribution in [0.3, 0.4) is 0 Å². The van der Waals surface area contributed by atoms with E-state index in [2.05, 4.69) is 11.4 Å². The molecule has 0 aromatic heterocycles. The SMILES string of the molecule is Cc1cc(C)cc(C(C)Nc2cc(F)cc([N+](=O)[O-])c2)c1. The van der Waals surface area contributed by atoms with Gasteiger partial charge < -0.3 is 5.32 Å². The van der Waals surface area contributed by atoms with Crippen molar-refractivity contribution in [2.24, 2.45) is 0 Å². The average molecular weight is 288 g/mol. The molecule has 0 radical (unpaired) electrons. The van der Waals surface area contributed by atoms with Crippen LogP contribution in [0.4, 0.5) is 15.8 Å². The molecule has 4 nitrogen and oxygen atoms in total. The van der Waals surface area contributed by atoms with Crippen molar-refractivity contribution in [1.82, 2.24) is 0 Å². The average Bonchev–Trinajstić information content (AvgIpc) is 2.36. The normalized spacial score (nSPS) is 12.0. The molecule has 5 heteroatoms. The number of nitrogens with zero attached hydrogens (tertiary/aromatic N) is 1. The maximum absolute atomic E-state index is 13.4. The number of halogens is 1. The minimum atomic E-state index is -0.626. The molecule has 0 fully saturated rings. The number of nitro groups is 1. The number of rotatable bonds is 4. The Morgan fingerprint density at radius 1 is 1.10 bits per heavy atom. The highest BCUT2D eigenvalue weighted by Crippen LogP contribution is 2.25. The first-order valence-corrected chi connectivity index (χ1v) is 6.65. The van der Waals surface area contributed by atoms with Crippen LogP contribution in [-0.2, 0) is 0 Å². The fraction of sp³-hybridized carbons (Fsp3) is 0.250. The van der Waals surface area contributed by atoms with Gasteiger partial charge in [-0.3, -0.25) is 10.1 Å². The third kappa shape index (κ3) is 3.78. The molecule has 0 aliphatic rings. The van der Waals surface area contributed by atoms with E-state index in [1.165, 1.54) is 12.1 Å². The molecule has 2 aromatic rings. The molecule has 0 aliphatic heterocycles. The fourth-order valence-corrected chi connectivity index (χ4v) is 2.36. The first-order valence-electron chi connectivity index (χ1n) is 6.65. The number of benzene rings is 2. The topological polar surface area (TPSA) is 55.2 Å². The van der Waals surface area contributed by atoms with Crippen LogP contribution in [0.5, 0.6) is 0 Å². The van der Waals surface area contributed by atoms with E-state index in [0.717, 1.165) is 22.8 Å². The van der Waals surface area contributed by atoms with E-state index < -0.39 is 10.7 Å². The van der Waals surface area contributed by atoms with Crippen molar-refractivity contribution < 1.29 is 9.31 Å². The Balaban J connectivity index is 2.26. The lowest BCUT2D eigenvalue weighted by molar-refractivity contribution is -0.385. The van der Waals surface area contributed by atoms with Gasteiger partial charge in [0.2, 0.25) is 0 Å². The van der Waals surface area contributed by atoms with Gasteiger partial charge in [0.25, 0.3) is 5.69 Å². The van der Waals surface area contributed by atoms with Gasteiger partial charge in [-0.1, -0.05) is 29.3 Å². The second kappa shape index (κ2) is 5.91. The van der Waals surface area contributed by atoms with Crippen LogP contribution in [0, 0.1) is 29.8 Å². The summed E-state index contributed by atoms with van der Waals surface area (Å²) in [5.74, 6) is -0.626. The molecule has 0 amide bonds. The van der Waals surface area contributed by atoms with Crippen molar-refractivity contribution in [3.63, 3.8) is 0 Å². The van der Waals surface area contributed by atoms with E-state index in [9.17, 15) is 14.5 Å². The van der Waals surface area contributed by atoms with E-state index in [4.69, 9.17) is 0 Å². The Bertz CT molecular complexity index is 666. The zero-order valence-corrected chi connectivity index (χ0v) is 12.2. The van der Waals surface area contributed by atoms with E-state index in [1.807, 2.05) is 32.9 Å². The monoisotopic (exact) mass is 288 g/mol. The molecular weight excluding hydrogens is 271 g/mol. The first kappa shape index (κ1) is 15.0. The predicted molar refractivity (Wildman–Crippen MR) is 81.0 cm³/mol. The maximum atomic E-state index is 13.4. The molecule has 0 bridgehead atoms. The number of nitrogens with one attached hydrogen (secondary N) is 1. The summed E-state index contributed by atoms with van der Waals surface area (Å²) >= 11 is 0. The van der Waals surface area contributed by atoms with Crippen molar-refractivity contribution in [2.75, 3.05) is 5.32 Å². The van der Waals surface area contributed by atoms with E-state index in [-0.39, 0.29) is 11.7 Å². The fourth-order valence-electron chi connectivity index (χ4n) is 2.36. The molecule has 1 atom stereocenters. The smallest absolute Gasteiger partial charge is 0.274 e. The lowest BCUT2D eigenvalue weighted by Crippen LogP contribution is -2.07. The van der Waals surface area contributed by atoms with Crippen LogP contribution >= 0.6 is 0 Å². The quantitative estimate of drug-likeness (QED) is 0.664. The minimum absolute atomic E-state index is 0.0787. The zero-order chi connectivity index (χ0) is 15.6. The molecule has 1 N–H and O–H groups in total. The molecular formula is C16H17FN2O2. The van der Waals surface area contributed by atoms with Gasteiger partial charge in [0.1, 0.15) is 5.82 Å². The van der Waals surface area contributed by atoms with Gasteiger partial charge in [0, 0.05) is 17.8 Å². The molecule has 0 saturated carbocycles. The summed E-state index contributed by atoms with van der Waals surface area (Å²) in [6.07, 6.45) is 0. The first-order chi connectivity index (χ1) is 9.85. The number of nitro benzene ring substituents is 1. The highest BCUT2D eigenvalue weighted by Gasteiger charge is 2.12. The summed E-state index contributed by atoms with van der Waals surface area (Å²) in [7, 11) is 0. The number of hydrogen-bond acceptors (Lipinski definition) is 3. The van der Waals surface area contributed by atoms with Gasteiger partial charge in [-0.2, -0.15) is 0 Å². The Kier molecular flexibility index (Phi) is 4.21. The van der Waals surface area contributed by atoms with Crippen molar-refractivity contribution in [2.45, 2.75) is 26.8 Å². The van der Waals surface area contributed by atoms with Crippen LogP contribution < -0.4 is 5.32 Å². The van der Waals surface area contributed by atoms with Crippen LogP contribution in [0.1, 0.15) is 29.7 Å². The van der Waals surface area contributed by atoms with Crippen LogP contribution in [0.15, 0.2) is 36.4 Å². The Morgan fingerprint density at radius 2 is 1.71 bits per heavy atom. The Morgan fingerprint density at radius 3 is 2.29 bits per heavy atom. The highest BCUT2D eigenvalue weighted by atomic mass is 19.1. The third-order valence-electron chi connectivity index (χ3n) is 3.22. The molecule has 21 heavy (non-hydrogen) atoms. The lowest BCUT2D eigenvalue weighted by atomic mass is 10.0. The lowest BCUT2D eigenvalue weighted by Gasteiger charge is -2.17. The number of non-ortho nitro benzene ring substituents is 1. The van der Waals surface area contributed by atoms with Gasteiger partial charge in [-0.25, -0.2) is 4.39 Å². The predicted octanol–water partition coefficient (Wildman–Crippen LogP) is 4.52. The zero-order valence-electron chi connectivity index (χ0n) is 12.2. The molecule has 2 rings (SSSR count). The Labute approximate surface area is 122 Å². The third-order valence-corrected chi connectivity index (χ3v) is 3.22. The van der Waals surface area contributed by atoms with Crippen LogP contribution in [0.2, 0.25) is 0 Å². The summed E-state index contributed by atoms with van der Waals surface area (Å²) in [4.78, 5) is 10.2. The van der Waals surface area contributed by atoms with Crippen molar-refractivity contribution in [1.29, 1.82) is 0 Å². The van der Waals surface area contributed by atoms with Gasteiger partial charge in [0.05, 0.1) is 11.0 Å². The van der Waals surface area contributed by atoms with Crippen molar-refractivity contribution in [3.05, 3.63) is 69.0 Å².